The van der Waals surface area contributed by atoms with Crippen LogP contribution in [0, 0.1) is 20.8 Å². The molecule has 4 heteroatoms. The van der Waals surface area contributed by atoms with Crippen molar-refractivity contribution in [1.82, 2.24) is 10.4 Å². The molecule has 2 rings (SSSR count). The molecule has 1 heterocycles. The van der Waals surface area contributed by atoms with Crippen molar-refractivity contribution >= 4 is 0 Å². The SMILES string of the molecule is COc1c(C(NN)c2ccnc(C)c2)ccc(C)c1C. The number of benzene rings is 1. The highest BCUT2D eigenvalue weighted by Crippen LogP contribution is 2.33. The maximum Gasteiger partial charge on any atom is 0.127 e. The predicted molar refractivity (Wildman–Crippen MR) is 80.6 cm³/mol. The van der Waals surface area contributed by atoms with Crippen LogP contribution in [0.1, 0.15) is 34.0 Å². The van der Waals surface area contributed by atoms with E-state index in [1.54, 1.807) is 13.3 Å². The van der Waals surface area contributed by atoms with Crippen LogP contribution < -0.4 is 16.0 Å². The van der Waals surface area contributed by atoms with E-state index in [1.807, 2.05) is 19.1 Å². The second-order valence-corrected chi connectivity index (χ2v) is 4.96. The number of rotatable bonds is 4. The summed E-state index contributed by atoms with van der Waals surface area (Å²) in [6.07, 6.45) is 1.79. The summed E-state index contributed by atoms with van der Waals surface area (Å²) >= 11 is 0. The van der Waals surface area contributed by atoms with Crippen molar-refractivity contribution in [2.45, 2.75) is 26.8 Å². The van der Waals surface area contributed by atoms with Crippen molar-refractivity contribution in [1.29, 1.82) is 0 Å². The van der Waals surface area contributed by atoms with Gasteiger partial charge in [-0.1, -0.05) is 12.1 Å². The second-order valence-electron chi connectivity index (χ2n) is 4.96. The molecule has 1 atom stereocenters. The Morgan fingerprint density at radius 1 is 1.20 bits per heavy atom. The third kappa shape index (κ3) is 2.66. The fourth-order valence-corrected chi connectivity index (χ4v) is 2.42. The quantitative estimate of drug-likeness (QED) is 0.663. The van der Waals surface area contributed by atoms with E-state index in [-0.39, 0.29) is 6.04 Å². The monoisotopic (exact) mass is 271 g/mol. The summed E-state index contributed by atoms with van der Waals surface area (Å²) in [5.74, 6) is 6.65. The Bertz CT molecular complexity index is 611. The summed E-state index contributed by atoms with van der Waals surface area (Å²) in [6.45, 7) is 6.10. The first-order valence-electron chi connectivity index (χ1n) is 6.61. The average Bonchev–Trinajstić information content (AvgIpc) is 2.44. The van der Waals surface area contributed by atoms with Crippen LogP contribution in [0.3, 0.4) is 0 Å². The van der Waals surface area contributed by atoms with Gasteiger partial charge in [0.05, 0.1) is 13.2 Å². The normalized spacial score (nSPS) is 12.2. The Kier molecular flexibility index (Phi) is 4.37. The number of hydrogen-bond acceptors (Lipinski definition) is 4. The molecule has 2 aromatic rings. The largest absolute Gasteiger partial charge is 0.496 e. The molecule has 4 nitrogen and oxygen atoms in total. The first kappa shape index (κ1) is 14.5. The van der Waals surface area contributed by atoms with Crippen molar-refractivity contribution in [3.8, 4) is 5.75 Å². The molecular weight excluding hydrogens is 250 g/mol. The lowest BCUT2D eigenvalue weighted by Crippen LogP contribution is -2.29. The number of methoxy groups -OCH3 is 1. The number of hydrazine groups is 1. The highest BCUT2D eigenvalue weighted by atomic mass is 16.5. The molecule has 1 aromatic carbocycles. The fourth-order valence-electron chi connectivity index (χ4n) is 2.42. The molecule has 0 radical (unpaired) electrons. The maximum atomic E-state index is 5.77. The number of nitrogens with one attached hydrogen (secondary N) is 1. The van der Waals surface area contributed by atoms with Crippen molar-refractivity contribution in [3.63, 3.8) is 0 Å². The van der Waals surface area contributed by atoms with Gasteiger partial charge in [0, 0.05) is 17.5 Å². The first-order chi connectivity index (χ1) is 9.58. The van der Waals surface area contributed by atoms with E-state index in [0.29, 0.717) is 0 Å². The van der Waals surface area contributed by atoms with Gasteiger partial charge in [-0.2, -0.15) is 0 Å². The molecule has 0 fully saturated rings. The van der Waals surface area contributed by atoms with Crippen molar-refractivity contribution in [3.05, 3.63) is 58.4 Å². The minimum absolute atomic E-state index is 0.119. The van der Waals surface area contributed by atoms with E-state index in [1.165, 1.54) is 5.56 Å². The van der Waals surface area contributed by atoms with E-state index in [9.17, 15) is 0 Å². The molecule has 0 aliphatic carbocycles. The number of aryl methyl sites for hydroxylation is 2. The Hall–Kier alpha value is -1.91. The minimum atomic E-state index is -0.119. The summed E-state index contributed by atoms with van der Waals surface area (Å²) in [7, 11) is 1.69. The van der Waals surface area contributed by atoms with Gasteiger partial charge in [-0.25, -0.2) is 5.43 Å². The van der Waals surface area contributed by atoms with Crippen molar-refractivity contribution < 1.29 is 4.74 Å². The van der Waals surface area contributed by atoms with Gasteiger partial charge in [0.2, 0.25) is 0 Å². The van der Waals surface area contributed by atoms with Crippen LogP contribution in [0.2, 0.25) is 0 Å². The zero-order valence-corrected chi connectivity index (χ0v) is 12.4. The van der Waals surface area contributed by atoms with Gasteiger partial charge in [0.1, 0.15) is 5.75 Å². The Labute approximate surface area is 120 Å². The van der Waals surface area contributed by atoms with Crippen molar-refractivity contribution in [2.75, 3.05) is 7.11 Å². The minimum Gasteiger partial charge on any atom is -0.496 e. The Balaban J connectivity index is 2.55. The zero-order chi connectivity index (χ0) is 14.7. The van der Waals surface area contributed by atoms with Gasteiger partial charge in [0.25, 0.3) is 0 Å². The molecule has 0 saturated heterocycles. The molecule has 1 unspecified atom stereocenters. The summed E-state index contributed by atoms with van der Waals surface area (Å²) in [4.78, 5) is 4.22. The highest BCUT2D eigenvalue weighted by molar-refractivity contribution is 5.49. The van der Waals surface area contributed by atoms with Crippen molar-refractivity contribution in [2.24, 2.45) is 5.84 Å². The predicted octanol–water partition coefficient (Wildman–Crippen LogP) is 2.57. The van der Waals surface area contributed by atoms with Crippen LogP contribution >= 0.6 is 0 Å². The number of pyridine rings is 1. The molecule has 0 amide bonds. The van der Waals surface area contributed by atoms with E-state index < -0.39 is 0 Å². The van der Waals surface area contributed by atoms with Crippen LogP contribution in [0.25, 0.3) is 0 Å². The van der Waals surface area contributed by atoms with Gasteiger partial charge in [0.15, 0.2) is 0 Å². The third-order valence-corrected chi connectivity index (χ3v) is 3.64. The summed E-state index contributed by atoms with van der Waals surface area (Å²) in [5, 5.41) is 0. The van der Waals surface area contributed by atoms with Crippen LogP contribution in [0.5, 0.6) is 5.75 Å². The Morgan fingerprint density at radius 3 is 2.55 bits per heavy atom. The summed E-state index contributed by atoms with van der Waals surface area (Å²) in [6, 6.07) is 8.02. The molecule has 0 aliphatic rings. The number of nitrogens with zero attached hydrogens (tertiary/aromatic N) is 1. The lowest BCUT2D eigenvalue weighted by molar-refractivity contribution is 0.400. The van der Waals surface area contributed by atoms with E-state index >= 15 is 0 Å². The fraction of sp³-hybridized carbons (Fsp3) is 0.312. The number of ether oxygens (including phenoxy) is 1. The van der Waals surface area contributed by atoms with Crippen LogP contribution in [-0.4, -0.2) is 12.1 Å². The van der Waals surface area contributed by atoms with Crippen LogP contribution in [0.15, 0.2) is 30.5 Å². The van der Waals surface area contributed by atoms with Gasteiger partial charge in [-0.3, -0.25) is 10.8 Å². The third-order valence-electron chi connectivity index (χ3n) is 3.64. The molecule has 106 valence electrons. The topological polar surface area (TPSA) is 60.2 Å². The van der Waals surface area contributed by atoms with E-state index in [4.69, 9.17) is 10.6 Å². The Morgan fingerprint density at radius 2 is 1.95 bits per heavy atom. The molecular formula is C16H21N3O. The zero-order valence-electron chi connectivity index (χ0n) is 12.4. The number of aromatic nitrogens is 1. The molecule has 1 aromatic heterocycles. The van der Waals surface area contributed by atoms with E-state index in [2.05, 4.69) is 36.4 Å². The molecule has 0 bridgehead atoms. The highest BCUT2D eigenvalue weighted by Gasteiger charge is 2.19. The standard InChI is InChI=1S/C16H21N3O/c1-10-5-6-14(16(20-4)12(10)3)15(19-17)13-7-8-18-11(2)9-13/h5-9,15,19H,17H2,1-4H3. The average molecular weight is 271 g/mol. The molecule has 20 heavy (non-hydrogen) atoms. The summed E-state index contributed by atoms with van der Waals surface area (Å²) < 4.78 is 5.58. The van der Waals surface area contributed by atoms with Crippen LogP contribution in [-0.2, 0) is 0 Å². The molecule has 0 saturated carbocycles. The molecule has 0 aliphatic heterocycles. The van der Waals surface area contributed by atoms with Gasteiger partial charge in [-0.15, -0.1) is 0 Å². The number of hydrogen-bond donors (Lipinski definition) is 2. The number of nitrogens with two attached hydrogens (primary N) is 1. The van der Waals surface area contributed by atoms with Gasteiger partial charge >= 0.3 is 0 Å². The molecule has 3 N–H and O–H groups in total. The maximum absolute atomic E-state index is 5.77. The lowest BCUT2D eigenvalue weighted by atomic mass is 9.95. The van der Waals surface area contributed by atoms with E-state index in [0.717, 1.165) is 28.1 Å². The summed E-state index contributed by atoms with van der Waals surface area (Å²) in [5.41, 5.74) is 8.28. The molecule has 0 spiro atoms. The second kappa shape index (κ2) is 6.03. The van der Waals surface area contributed by atoms with Crippen LogP contribution in [0.4, 0.5) is 0 Å². The van der Waals surface area contributed by atoms with Gasteiger partial charge < -0.3 is 4.74 Å². The lowest BCUT2D eigenvalue weighted by Gasteiger charge is -2.22. The smallest absolute Gasteiger partial charge is 0.127 e. The van der Waals surface area contributed by atoms with Gasteiger partial charge in [-0.05, 0) is 49.6 Å². The first-order valence-corrected chi connectivity index (χ1v) is 6.61.